The maximum atomic E-state index is 12.3. The Kier molecular flexibility index (Phi) is 6.78. The van der Waals surface area contributed by atoms with Gasteiger partial charge in [0, 0.05) is 23.8 Å². The quantitative estimate of drug-likeness (QED) is 0.620. The number of hydrogen-bond acceptors (Lipinski definition) is 4. The topological polar surface area (TPSA) is 65.2 Å². The molecule has 5 heteroatoms. The Balaban J connectivity index is 1.83. The van der Waals surface area contributed by atoms with Gasteiger partial charge in [0.1, 0.15) is 0 Å². The summed E-state index contributed by atoms with van der Waals surface area (Å²) < 4.78 is 0. The van der Waals surface area contributed by atoms with E-state index in [1.807, 2.05) is 19.1 Å². The molecule has 0 bridgehead atoms. The highest BCUT2D eigenvalue weighted by Crippen LogP contribution is 2.27. The van der Waals surface area contributed by atoms with Crippen LogP contribution in [-0.4, -0.2) is 30.6 Å². The number of benzene rings is 1. The number of hydrogen-bond donors (Lipinski definition) is 4. The van der Waals surface area contributed by atoms with E-state index in [1.165, 1.54) is 5.56 Å². The lowest BCUT2D eigenvalue weighted by atomic mass is 9.98. The van der Waals surface area contributed by atoms with Crippen molar-refractivity contribution in [2.45, 2.75) is 71.5 Å². The van der Waals surface area contributed by atoms with Crippen molar-refractivity contribution in [3.63, 3.8) is 0 Å². The van der Waals surface area contributed by atoms with Crippen LogP contribution in [0.4, 0.5) is 5.69 Å². The van der Waals surface area contributed by atoms with E-state index in [2.05, 4.69) is 55.2 Å². The van der Waals surface area contributed by atoms with Crippen molar-refractivity contribution in [1.82, 2.24) is 16.2 Å². The summed E-state index contributed by atoms with van der Waals surface area (Å²) in [5.74, 6) is 0.402. The Hall–Kier alpha value is -1.43. The van der Waals surface area contributed by atoms with E-state index in [1.54, 1.807) is 0 Å². The molecule has 1 aliphatic rings. The number of para-hydroxylation sites is 1. The zero-order valence-corrected chi connectivity index (χ0v) is 15.6. The molecule has 1 aromatic rings. The maximum absolute atomic E-state index is 12.3. The van der Waals surface area contributed by atoms with Crippen LogP contribution >= 0.6 is 0 Å². The van der Waals surface area contributed by atoms with Crippen LogP contribution in [0.5, 0.6) is 0 Å². The average Bonchev–Trinajstić information content (AvgIpc) is 2.92. The van der Waals surface area contributed by atoms with Crippen LogP contribution in [0, 0.1) is 6.92 Å². The molecule has 1 saturated heterocycles. The van der Waals surface area contributed by atoms with Crippen LogP contribution < -0.4 is 21.5 Å². The number of aryl methyl sites for hydroxylation is 1. The average molecular weight is 332 g/mol. The molecule has 2 rings (SSSR count). The van der Waals surface area contributed by atoms with Gasteiger partial charge in [0.15, 0.2) is 0 Å². The van der Waals surface area contributed by atoms with Crippen molar-refractivity contribution in [3.8, 4) is 0 Å². The normalized spacial score (nSPS) is 21.9. The molecular formula is C19H32N4O. The van der Waals surface area contributed by atoms with Gasteiger partial charge in [-0.2, -0.15) is 0 Å². The number of amides is 1. The molecule has 24 heavy (non-hydrogen) atoms. The van der Waals surface area contributed by atoms with Gasteiger partial charge in [-0.15, -0.1) is 0 Å². The van der Waals surface area contributed by atoms with Crippen molar-refractivity contribution in [3.05, 3.63) is 29.3 Å². The van der Waals surface area contributed by atoms with Gasteiger partial charge in [-0.3, -0.25) is 15.6 Å². The Labute approximate surface area is 146 Å². The molecule has 0 aromatic heterocycles. The molecule has 0 saturated carbocycles. The third kappa shape index (κ3) is 5.30. The van der Waals surface area contributed by atoms with Crippen LogP contribution in [0.3, 0.4) is 0 Å². The predicted molar refractivity (Wildman–Crippen MR) is 100 cm³/mol. The van der Waals surface area contributed by atoms with Crippen molar-refractivity contribution in [1.29, 1.82) is 0 Å². The fourth-order valence-corrected chi connectivity index (χ4v) is 3.26. The number of nitrogens with one attached hydrogen (secondary N) is 4. The molecule has 1 amide bonds. The lowest BCUT2D eigenvalue weighted by Crippen LogP contribution is -2.40. The zero-order chi connectivity index (χ0) is 17.7. The highest BCUT2D eigenvalue weighted by Gasteiger charge is 2.22. The smallest absolute Gasteiger partial charge is 0.238 e. The van der Waals surface area contributed by atoms with Gasteiger partial charge in [0.25, 0.3) is 0 Å². The monoisotopic (exact) mass is 332 g/mol. The maximum Gasteiger partial charge on any atom is 0.238 e. The molecule has 0 spiro atoms. The fraction of sp³-hybridized carbons (Fsp3) is 0.632. The lowest BCUT2D eigenvalue weighted by molar-refractivity contribution is -0.115. The molecule has 1 heterocycles. The fourth-order valence-electron chi connectivity index (χ4n) is 3.26. The largest absolute Gasteiger partial charge is 0.324 e. The van der Waals surface area contributed by atoms with Crippen molar-refractivity contribution >= 4 is 11.6 Å². The van der Waals surface area contributed by atoms with Gasteiger partial charge >= 0.3 is 0 Å². The SMILES string of the molecule is Cc1cccc(C(C)C)c1NC(=O)CNC(C)CC1CC(C)NN1. The van der Waals surface area contributed by atoms with Crippen LogP contribution in [0.1, 0.15) is 57.6 Å². The van der Waals surface area contributed by atoms with Crippen LogP contribution in [0.25, 0.3) is 0 Å². The molecule has 1 aliphatic heterocycles. The molecule has 4 N–H and O–H groups in total. The van der Waals surface area contributed by atoms with Crippen LogP contribution in [-0.2, 0) is 4.79 Å². The minimum absolute atomic E-state index is 0.0175. The minimum atomic E-state index is 0.0175. The third-order valence-electron chi connectivity index (χ3n) is 4.61. The van der Waals surface area contributed by atoms with Crippen molar-refractivity contribution in [2.24, 2.45) is 0 Å². The summed E-state index contributed by atoms with van der Waals surface area (Å²) in [6.45, 7) is 11.0. The van der Waals surface area contributed by atoms with Gasteiger partial charge < -0.3 is 10.6 Å². The van der Waals surface area contributed by atoms with E-state index in [0.717, 1.165) is 24.1 Å². The molecular weight excluding hydrogens is 300 g/mol. The molecule has 1 aromatic carbocycles. The Morgan fingerprint density at radius 3 is 2.67 bits per heavy atom. The second-order valence-electron chi connectivity index (χ2n) is 7.38. The lowest BCUT2D eigenvalue weighted by Gasteiger charge is -2.19. The van der Waals surface area contributed by atoms with E-state index in [0.29, 0.717) is 30.6 Å². The molecule has 5 nitrogen and oxygen atoms in total. The van der Waals surface area contributed by atoms with Crippen molar-refractivity contribution < 1.29 is 4.79 Å². The summed E-state index contributed by atoms with van der Waals surface area (Å²) in [6, 6.07) is 7.45. The Morgan fingerprint density at radius 2 is 2.04 bits per heavy atom. The summed E-state index contributed by atoms with van der Waals surface area (Å²) in [6.07, 6.45) is 2.13. The summed E-state index contributed by atoms with van der Waals surface area (Å²) in [5, 5.41) is 6.42. The first kappa shape index (κ1) is 18.9. The highest BCUT2D eigenvalue weighted by atomic mass is 16.1. The van der Waals surface area contributed by atoms with Crippen LogP contribution in [0.2, 0.25) is 0 Å². The van der Waals surface area contributed by atoms with Gasteiger partial charge in [0.05, 0.1) is 6.54 Å². The number of carbonyl (C=O) groups excluding carboxylic acids is 1. The first-order chi connectivity index (χ1) is 11.4. The standard InChI is InChI=1S/C19H32N4O/c1-12(2)17-8-6-7-13(3)19(17)21-18(24)11-20-14(4)9-16-10-15(5)22-23-16/h6-8,12,14-16,20,22-23H,9-11H2,1-5H3,(H,21,24). The second-order valence-corrected chi connectivity index (χ2v) is 7.38. The van der Waals surface area contributed by atoms with E-state index >= 15 is 0 Å². The summed E-state index contributed by atoms with van der Waals surface area (Å²) >= 11 is 0. The first-order valence-electron chi connectivity index (χ1n) is 9.00. The van der Waals surface area contributed by atoms with E-state index in [4.69, 9.17) is 0 Å². The van der Waals surface area contributed by atoms with Crippen molar-refractivity contribution in [2.75, 3.05) is 11.9 Å². The van der Waals surface area contributed by atoms with E-state index < -0.39 is 0 Å². The van der Waals surface area contributed by atoms with Gasteiger partial charge in [-0.05, 0) is 50.7 Å². The van der Waals surface area contributed by atoms with Gasteiger partial charge in [-0.25, -0.2) is 0 Å². The molecule has 1 fully saturated rings. The highest BCUT2D eigenvalue weighted by molar-refractivity contribution is 5.93. The van der Waals surface area contributed by atoms with Gasteiger partial charge in [-0.1, -0.05) is 32.0 Å². The molecule has 3 atom stereocenters. The minimum Gasteiger partial charge on any atom is -0.324 e. The predicted octanol–water partition coefficient (Wildman–Crippen LogP) is 2.68. The summed E-state index contributed by atoms with van der Waals surface area (Å²) in [7, 11) is 0. The molecule has 134 valence electrons. The number of anilines is 1. The first-order valence-corrected chi connectivity index (χ1v) is 9.00. The Morgan fingerprint density at radius 1 is 1.29 bits per heavy atom. The Bertz CT molecular complexity index is 558. The molecule has 0 radical (unpaired) electrons. The third-order valence-corrected chi connectivity index (χ3v) is 4.61. The summed E-state index contributed by atoms with van der Waals surface area (Å²) in [4.78, 5) is 12.3. The molecule has 0 aliphatic carbocycles. The summed E-state index contributed by atoms with van der Waals surface area (Å²) in [5.41, 5.74) is 9.80. The van der Waals surface area contributed by atoms with Gasteiger partial charge in [0.2, 0.25) is 5.91 Å². The number of carbonyl (C=O) groups is 1. The van der Waals surface area contributed by atoms with Crippen LogP contribution in [0.15, 0.2) is 18.2 Å². The molecule has 3 unspecified atom stereocenters. The number of rotatable bonds is 7. The second kappa shape index (κ2) is 8.60. The van der Waals surface area contributed by atoms with E-state index in [-0.39, 0.29) is 5.91 Å². The number of hydrazine groups is 1. The zero-order valence-electron chi connectivity index (χ0n) is 15.6. The van der Waals surface area contributed by atoms with E-state index in [9.17, 15) is 4.79 Å².